The first kappa shape index (κ1) is 15.6. The van der Waals surface area contributed by atoms with Crippen LogP contribution in [0.5, 0.6) is 0 Å². The Hall–Kier alpha value is -1.48. The summed E-state index contributed by atoms with van der Waals surface area (Å²) < 4.78 is 58.0. The minimum atomic E-state index is -4.23. The topological polar surface area (TPSA) is 64.2 Å². The molecule has 1 aromatic heterocycles. The highest BCUT2D eigenvalue weighted by Crippen LogP contribution is 2.23. The van der Waals surface area contributed by atoms with Crippen molar-refractivity contribution in [3.8, 4) is 0 Å². The van der Waals surface area contributed by atoms with Crippen LogP contribution in [0.25, 0.3) is 0 Å². The van der Waals surface area contributed by atoms with Crippen LogP contribution in [0.4, 0.5) is 17.6 Å². The number of aromatic amines is 1. The molecule has 0 saturated carbocycles. The predicted octanol–water partition coefficient (Wildman–Crippen LogP) is 1.33. The first-order valence-electron chi connectivity index (χ1n) is 5.17. The van der Waals surface area contributed by atoms with Crippen molar-refractivity contribution in [1.82, 2.24) is 9.97 Å². The number of hydrogen-bond acceptors (Lipinski definition) is 4. The standard InChI is InChI=1S/C10H12F4N2O3/c1-18-3-6-2-8(17)16-7(15-6)4-19-5-10(13,14)9(11)12/h2,9H,3-5H2,1H3,(H,15,16,17). The van der Waals surface area contributed by atoms with Crippen LogP contribution in [0, 0.1) is 0 Å². The largest absolute Gasteiger partial charge is 0.378 e. The number of methoxy groups -OCH3 is 1. The zero-order valence-corrected chi connectivity index (χ0v) is 9.96. The van der Waals surface area contributed by atoms with E-state index in [9.17, 15) is 22.4 Å². The Kier molecular flexibility index (Phi) is 5.43. The van der Waals surface area contributed by atoms with Crippen molar-refractivity contribution < 1.29 is 27.0 Å². The van der Waals surface area contributed by atoms with Crippen LogP contribution in [0.3, 0.4) is 0 Å². The quantitative estimate of drug-likeness (QED) is 0.767. The third-order valence-electron chi connectivity index (χ3n) is 1.99. The lowest BCUT2D eigenvalue weighted by atomic mass is 10.4. The van der Waals surface area contributed by atoms with Crippen molar-refractivity contribution in [3.05, 3.63) is 27.9 Å². The van der Waals surface area contributed by atoms with Crippen LogP contribution in [0.2, 0.25) is 0 Å². The molecule has 0 amide bonds. The monoisotopic (exact) mass is 284 g/mol. The van der Waals surface area contributed by atoms with Gasteiger partial charge in [-0.05, 0) is 0 Å². The number of H-pyrrole nitrogens is 1. The van der Waals surface area contributed by atoms with Gasteiger partial charge < -0.3 is 14.5 Å². The van der Waals surface area contributed by atoms with E-state index in [2.05, 4.69) is 14.7 Å². The van der Waals surface area contributed by atoms with Gasteiger partial charge in [-0.2, -0.15) is 8.78 Å². The molecule has 5 nitrogen and oxygen atoms in total. The van der Waals surface area contributed by atoms with Gasteiger partial charge in [-0.25, -0.2) is 13.8 Å². The molecule has 0 aliphatic heterocycles. The highest BCUT2D eigenvalue weighted by atomic mass is 19.3. The van der Waals surface area contributed by atoms with Crippen molar-refractivity contribution in [2.75, 3.05) is 13.7 Å². The fraction of sp³-hybridized carbons (Fsp3) is 0.600. The van der Waals surface area contributed by atoms with Gasteiger partial charge in [0.15, 0.2) is 0 Å². The Morgan fingerprint density at radius 3 is 2.68 bits per heavy atom. The van der Waals surface area contributed by atoms with Gasteiger partial charge in [-0.1, -0.05) is 0 Å². The van der Waals surface area contributed by atoms with Crippen LogP contribution < -0.4 is 5.56 Å². The molecule has 1 heterocycles. The summed E-state index contributed by atoms with van der Waals surface area (Å²) in [6.07, 6.45) is -3.81. The van der Waals surface area contributed by atoms with Gasteiger partial charge in [0.2, 0.25) is 0 Å². The average Bonchev–Trinajstić information content (AvgIpc) is 2.28. The zero-order valence-electron chi connectivity index (χ0n) is 9.96. The van der Waals surface area contributed by atoms with E-state index in [-0.39, 0.29) is 18.1 Å². The Morgan fingerprint density at radius 1 is 1.42 bits per heavy atom. The van der Waals surface area contributed by atoms with Gasteiger partial charge in [0.1, 0.15) is 19.0 Å². The SMILES string of the molecule is COCc1cc(=O)[nH]c(COCC(F)(F)C(F)F)n1. The molecule has 1 N–H and O–H groups in total. The van der Waals surface area contributed by atoms with Crippen LogP contribution in [-0.4, -0.2) is 36.0 Å². The molecule has 0 fully saturated rings. The summed E-state index contributed by atoms with van der Waals surface area (Å²) in [7, 11) is 1.39. The second-order valence-corrected chi connectivity index (χ2v) is 3.67. The van der Waals surface area contributed by atoms with Gasteiger partial charge in [-0.15, -0.1) is 0 Å². The lowest BCUT2D eigenvalue weighted by molar-refractivity contribution is -0.168. The van der Waals surface area contributed by atoms with Crippen LogP contribution in [0.1, 0.15) is 11.5 Å². The summed E-state index contributed by atoms with van der Waals surface area (Å²) in [5.41, 5.74) is -0.230. The fourth-order valence-electron chi connectivity index (χ4n) is 1.20. The zero-order chi connectivity index (χ0) is 14.5. The normalized spacial score (nSPS) is 12.1. The molecule has 0 unspecified atom stereocenters. The van der Waals surface area contributed by atoms with E-state index in [1.54, 1.807) is 0 Å². The van der Waals surface area contributed by atoms with Crippen molar-refractivity contribution >= 4 is 0 Å². The maximum absolute atomic E-state index is 12.5. The second-order valence-electron chi connectivity index (χ2n) is 3.67. The summed E-state index contributed by atoms with van der Waals surface area (Å²) in [5, 5.41) is 0. The van der Waals surface area contributed by atoms with Crippen molar-refractivity contribution in [2.24, 2.45) is 0 Å². The number of ether oxygens (including phenoxy) is 2. The summed E-state index contributed by atoms with van der Waals surface area (Å²) in [6.45, 7) is -1.90. The number of aromatic nitrogens is 2. The molecular formula is C10H12F4N2O3. The molecule has 0 radical (unpaired) electrons. The molecule has 0 saturated heterocycles. The molecule has 108 valence electrons. The number of halogens is 4. The third kappa shape index (κ3) is 4.95. The maximum atomic E-state index is 12.5. The average molecular weight is 284 g/mol. The van der Waals surface area contributed by atoms with Gasteiger partial charge in [0.05, 0.1) is 12.3 Å². The number of nitrogens with one attached hydrogen (secondary N) is 1. The van der Waals surface area contributed by atoms with E-state index < -0.39 is 31.1 Å². The van der Waals surface area contributed by atoms with E-state index in [0.717, 1.165) is 0 Å². The molecule has 0 aliphatic rings. The fourth-order valence-corrected chi connectivity index (χ4v) is 1.20. The van der Waals surface area contributed by atoms with Gasteiger partial charge >= 0.3 is 12.3 Å². The third-order valence-corrected chi connectivity index (χ3v) is 1.99. The minimum Gasteiger partial charge on any atom is -0.378 e. The summed E-state index contributed by atoms with van der Waals surface area (Å²) in [6, 6.07) is 1.17. The first-order chi connectivity index (χ1) is 8.85. The van der Waals surface area contributed by atoms with Crippen LogP contribution in [-0.2, 0) is 22.7 Å². The molecule has 0 atom stereocenters. The Balaban J connectivity index is 2.61. The second kappa shape index (κ2) is 6.62. The summed E-state index contributed by atoms with van der Waals surface area (Å²) >= 11 is 0. The van der Waals surface area contributed by atoms with Crippen LogP contribution >= 0.6 is 0 Å². The number of alkyl halides is 4. The van der Waals surface area contributed by atoms with E-state index in [0.29, 0.717) is 0 Å². The Bertz CT molecular complexity index is 464. The number of hydrogen-bond donors (Lipinski definition) is 1. The van der Waals surface area contributed by atoms with E-state index in [1.165, 1.54) is 13.2 Å². The summed E-state index contributed by atoms with van der Waals surface area (Å²) in [4.78, 5) is 17.3. The maximum Gasteiger partial charge on any atom is 0.330 e. The molecule has 0 aliphatic carbocycles. The van der Waals surface area contributed by atoms with E-state index in [4.69, 9.17) is 4.74 Å². The highest BCUT2D eigenvalue weighted by Gasteiger charge is 2.40. The lowest BCUT2D eigenvalue weighted by Crippen LogP contribution is -2.32. The van der Waals surface area contributed by atoms with Gasteiger partial charge in [0, 0.05) is 13.2 Å². The number of nitrogens with zero attached hydrogens (tertiary/aromatic N) is 1. The van der Waals surface area contributed by atoms with Crippen molar-refractivity contribution in [1.29, 1.82) is 0 Å². The smallest absolute Gasteiger partial charge is 0.330 e. The Morgan fingerprint density at radius 2 is 2.11 bits per heavy atom. The molecule has 19 heavy (non-hydrogen) atoms. The first-order valence-corrected chi connectivity index (χ1v) is 5.17. The molecule has 0 spiro atoms. The van der Waals surface area contributed by atoms with Crippen LogP contribution in [0.15, 0.2) is 10.9 Å². The van der Waals surface area contributed by atoms with E-state index >= 15 is 0 Å². The lowest BCUT2D eigenvalue weighted by Gasteiger charge is -2.14. The minimum absolute atomic E-state index is 0.0374. The molecule has 1 aromatic rings. The highest BCUT2D eigenvalue weighted by molar-refractivity contribution is 5.01. The predicted molar refractivity (Wildman–Crippen MR) is 56.2 cm³/mol. The number of rotatable bonds is 7. The molecule has 9 heteroatoms. The Labute approximate surface area is 105 Å². The van der Waals surface area contributed by atoms with Crippen molar-refractivity contribution in [3.63, 3.8) is 0 Å². The van der Waals surface area contributed by atoms with E-state index in [1.807, 2.05) is 0 Å². The molecule has 1 rings (SSSR count). The molecular weight excluding hydrogens is 272 g/mol. The van der Waals surface area contributed by atoms with Gasteiger partial charge in [0.25, 0.3) is 5.56 Å². The van der Waals surface area contributed by atoms with Crippen molar-refractivity contribution in [2.45, 2.75) is 25.6 Å². The molecule has 0 bridgehead atoms. The molecule has 0 aromatic carbocycles. The summed E-state index contributed by atoms with van der Waals surface area (Å²) in [5.74, 6) is -4.27. The van der Waals surface area contributed by atoms with Gasteiger partial charge in [-0.3, -0.25) is 4.79 Å².